The summed E-state index contributed by atoms with van der Waals surface area (Å²) in [5.41, 5.74) is 0. The quantitative estimate of drug-likeness (QED) is 0.537. The normalized spacial score (nSPS) is 11.3. The first kappa shape index (κ1) is 18.4. The summed E-state index contributed by atoms with van der Waals surface area (Å²) in [5, 5.41) is 6.29. The van der Waals surface area contributed by atoms with Gasteiger partial charge in [0.1, 0.15) is 6.61 Å². The lowest BCUT2D eigenvalue weighted by Crippen LogP contribution is -2.29. The smallest absolute Gasteiger partial charge is 0.246 e. The van der Waals surface area contributed by atoms with Gasteiger partial charge in [0.05, 0.1) is 6.10 Å². The first-order chi connectivity index (χ1) is 9.02. The molecular formula is C15H32N2O2. The third-order valence-corrected chi connectivity index (χ3v) is 2.78. The van der Waals surface area contributed by atoms with Gasteiger partial charge in [-0.25, -0.2) is 0 Å². The van der Waals surface area contributed by atoms with Crippen LogP contribution in [0.15, 0.2) is 0 Å². The molecule has 4 heteroatoms. The topological polar surface area (TPSA) is 50.4 Å². The zero-order chi connectivity index (χ0) is 14.5. The minimum atomic E-state index is -0.00478. The van der Waals surface area contributed by atoms with Crippen LogP contribution in [0.5, 0.6) is 0 Å². The Kier molecular flexibility index (Phi) is 12.0. The second-order valence-corrected chi connectivity index (χ2v) is 5.59. The second-order valence-electron chi connectivity index (χ2n) is 5.59. The van der Waals surface area contributed by atoms with Gasteiger partial charge in [0, 0.05) is 12.6 Å². The number of ether oxygens (including phenoxy) is 1. The maximum absolute atomic E-state index is 11.3. The molecule has 0 fully saturated rings. The molecule has 0 aliphatic heterocycles. The van der Waals surface area contributed by atoms with Gasteiger partial charge in [-0.2, -0.15) is 0 Å². The lowest BCUT2D eigenvalue weighted by atomic mass is 10.1. The van der Waals surface area contributed by atoms with Crippen molar-refractivity contribution in [2.45, 2.75) is 71.9 Å². The summed E-state index contributed by atoms with van der Waals surface area (Å²) >= 11 is 0. The zero-order valence-electron chi connectivity index (χ0n) is 13.1. The molecule has 0 unspecified atom stereocenters. The first-order valence-corrected chi connectivity index (χ1v) is 7.64. The average Bonchev–Trinajstić information content (AvgIpc) is 2.34. The van der Waals surface area contributed by atoms with Gasteiger partial charge < -0.3 is 15.4 Å². The second kappa shape index (κ2) is 12.4. The molecule has 1 amide bonds. The van der Waals surface area contributed by atoms with Gasteiger partial charge in [0.15, 0.2) is 0 Å². The minimum absolute atomic E-state index is 0.00478. The van der Waals surface area contributed by atoms with E-state index >= 15 is 0 Å². The van der Waals surface area contributed by atoms with E-state index in [1.54, 1.807) is 0 Å². The molecule has 0 spiro atoms. The van der Waals surface area contributed by atoms with Gasteiger partial charge >= 0.3 is 0 Å². The lowest BCUT2D eigenvalue weighted by Gasteiger charge is -2.09. The van der Waals surface area contributed by atoms with E-state index in [0.29, 0.717) is 6.04 Å². The summed E-state index contributed by atoms with van der Waals surface area (Å²) in [6, 6.07) is 0.586. The van der Waals surface area contributed by atoms with Gasteiger partial charge in [0.25, 0.3) is 0 Å². The van der Waals surface area contributed by atoms with E-state index in [0.717, 1.165) is 19.5 Å². The van der Waals surface area contributed by atoms with E-state index in [1.165, 1.54) is 25.7 Å². The highest BCUT2D eigenvalue weighted by molar-refractivity contribution is 5.77. The number of rotatable bonds is 12. The van der Waals surface area contributed by atoms with Crippen LogP contribution in [0.1, 0.15) is 59.8 Å². The molecule has 0 aromatic rings. The number of carbonyl (C=O) groups is 1. The highest BCUT2D eigenvalue weighted by Crippen LogP contribution is 2.01. The van der Waals surface area contributed by atoms with Crippen molar-refractivity contribution in [3.63, 3.8) is 0 Å². The Morgan fingerprint density at radius 3 is 2.11 bits per heavy atom. The maximum atomic E-state index is 11.3. The fourth-order valence-electron chi connectivity index (χ4n) is 1.69. The summed E-state index contributed by atoms with van der Waals surface area (Å²) in [5.74, 6) is -0.00478. The van der Waals surface area contributed by atoms with Crippen molar-refractivity contribution in [1.29, 1.82) is 0 Å². The molecule has 0 saturated heterocycles. The number of hydrogen-bond acceptors (Lipinski definition) is 3. The molecule has 4 nitrogen and oxygen atoms in total. The van der Waals surface area contributed by atoms with Crippen LogP contribution in [-0.4, -0.2) is 37.7 Å². The number of nitrogens with one attached hydrogen (secondary N) is 2. The van der Waals surface area contributed by atoms with E-state index in [4.69, 9.17) is 4.74 Å². The van der Waals surface area contributed by atoms with Crippen molar-refractivity contribution >= 4 is 5.91 Å². The first-order valence-electron chi connectivity index (χ1n) is 7.64. The minimum Gasteiger partial charge on any atom is -0.369 e. The molecule has 0 saturated carbocycles. The van der Waals surface area contributed by atoms with Crippen molar-refractivity contribution in [2.75, 3.05) is 19.7 Å². The van der Waals surface area contributed by atoms with Crippen LogP contribution in [-0.2, 0) is 9.53 Å². The predicted molar refractivity (Wildman–Crippen MR) is 80.3 cm³/mol. The summed E-state index contributed by atoms with van der Waals surface area (Å²) in [4.78, 5) is 11.3. The van der Waals surface area contributed by atoms with Crippen molar-refractivity contribution in [3.05, 3.63) is 0 Å². The van der Waals surface area contributed by atoms with Crippen molar-refractivity contribution in [1.82, 2.24) is 10.6 Å². The van der Waals surface area contributed by atoms with Gasteiger partial charge in [-0.05, 0) is 33.2 Å². The molecule has 0 aromatic carbocycles. The Labute approximate surface area is 118 Å². The van der Waals surface area contributed by atoms with Gasteiger partial charge in [-0.3, -0.25) is 4.79 Å². The molecule has 0 bridgehead atoms. The number of unbranched alkanes of at least 4 members (excludes halogenated alkanes) is 4. The molecule has 0 aliphatic carbocycles. The molecule has 0 aromatic heterocycles. The van der Waals surface area contributed by atoms with E-state index in [9.17, 15) is 4.79 Å². The Morgan fingerprint density at radius 2 is 1.53 bits per heavy atom. The van der Waals surface area contributed by atoms with E-state index < -0.39 is 0 Å². The third kappa shape index (κ3) is 15.3. The summed E-state index contributed by atoms with van der Waals surface area (Å²) in [6.07, 6.45) is 6.12. The monoisotopic (exact) mass is 272 g/mol. The molecule has 114 valence electrons. The molecular weight excluding hydrogens is 240 g/mol. The van der Waals surface area contributed by atoms with Crippen LogP contribution < -0.4 is 10.6 Å². The lowest BCUT2D eigenvalue weighted by molar-refractivity contribution is -0.127. The van der Waals surface area contributed by atoms with Gasteiger partial charge in [-0.1, -0.05) is 33.1 Å². The highest BCUT2D eigenvalue weighted by Gasteiger charge is 2.01. The van der Waals surface area contributed by atoms with E-state index in [2.05, 4.69) is 24.5 Å². The Bertz CT molecular complexity index is 218. The maximum Gasteiger partial charge on any atom is 0.246 e. The SMILES string of the molecule is CC(C)NCCCCCCCNC(=O)COC(C)C. The Morgan fingerprint density at radius 1 is 0.947 bits per heavy atom. The van der Waals surface area contributed by atoms with Crippen molar-refractivity contribution in [3.8, 4) is 0 Å². The van der Waals surface area contributed by atoms with Crippen LogP contribution >= 0.6 is 0 Å². The predicted octanol–water partition coefficient (Wildman–Crippen LogP) is 2.48. The fourth-order valence-corrected chi connectivity index (χ4v) is 1.69. The van der Waals surface area contributed by atoms with Crippen LogP contribution in [0.2, 0.25) is 0 Å². The summed E-state index contributed by atoms with van der Waals surface area (Å²) in [6.45, 7) is 10.3. The van der Waals surface area contributed by atoms with Crippen LogP contribution in [0.4, 0.5) is 0 Å². The largest absolute Gasteiger partial charge is 0.369 e. The van der Waals surface area contributed by atoms with Crippen LogP contribution in [0, 0.1) is 0 Å². The Hall–Kier alpha value is -0.610. The van der Waals surface area contributed by atoms with E-state index in [-0.39, 0.29) is 18.6 Å². The van der Waals surface area contributed by atoms with Crippen LogP contribution in [0.25, 0.3) is 0 Å². The fraction of sp³-hybridized carbons (Fsp3) is 0.933. The Balaban J connectivity index is 3.16. The van der Waals surface area contributed by atoms with Crippen molar-refractivity contribution in [2.24, 2.45) is 0 Å². The molecule has 2 N–H and O–H groups in total. The van der Waals surface area contributed by atoms with E-state index in [1.807, 2.05) is 13.8 Å². The summed E-state index contributed by atoms with van der Waals surface area (Å²) in [7, 11) is 0. The molecule has 0 rings (SSSR count). The third-order valence-electron chi connectivity index (χ3n) is 2.78. The van der Waals surface area contributed by atoms with Crippen LogP contribution in [0.3, 0.4) is 0 Å². The molecule has 19 heavy (non-hydrogen) atoms. The zero-order valence-corrected chi connectivity index (χ0v) is 13.1. The highest BCUT2D eigenvalue weighted by atomic mass is 16.5. The van der Waals surface area contributed by atoms with Gasteiger partial charge in [0.2, 0.25) is 5.91 Å². The molecule has 0 radical (unpaired) electrons. The van der Waals surface area contributed by atoms with Crippen molar-refractivity contribution < 1.29 is 9.53 Å². The standard InChI is InChI=1S/C15H32N2O2/c1-13(2)16-10-8-6-5-7-9-11-17-15(18)12-19-14(3)4/h13-14,16H,5-12H2,1-4H3,(H,17,18). The molecule has 0 heterocycles. The van der Waals surface area contributed by atoms with Gasteiger partial charge in [-0.15, -0.1) is 0 Å². The summed E-state index contributed by atoms with van der Waals surface area (Å²) < 4.78 is 5.23. The number of carbonyl (C=O) groups excluding carboxylic acids is 1. The number of amides is 1. The number of hydrogen-bond donors (Lipinski definition) is 2. The average molecular weight is 272 g/mol. The molecule has 0 aliphatic rings. The molecule has 0 atom stereocenters.